The predicted molar refractivity (Wildman–Crippen MR) is 370 cm³/mol. The first-order valence-corrected chi connectivity index (χ1v) is 30.6. The largest absolute Gasteiger partial charge is 0.416 e. The molecule has 11 heteroatoms. The highest BCUT2D eigenvalue weighted by Gasteiger charge is 2.33. The summed E-state index contributed by atoms with van der Waals surface area (Å²) in [7, 11) is 0. The topological polar surface area (TPSA) is 109 Å². The molecule has 16 rings (SSSR count). The van der Waals surface area contributed by atoms with Gasteiger partial charge >= 0.3 is 6.18 Å². The molecule has 0 spiro atoms. The van der Waals surface area contributed by atoms with Crippen LogP contribution in [-0.4, -0.2) is 29.1 Å². The highest BCUT2D eigenvalue weighted by atomic mass is 19.4. The van der Waals surface area contributed by atoms with Gasteiger partial charge in [0.1, 0.15) is 0 Å². The minimum atomic E-state index is -4.84. The van der Waals surface area contributed by atoms with Crippen LogP contribution in [-0.2, 0) is 6.18 Å². The Balaban J connectivity index is 0.985. The van der Waals surface area contributed by atoms with E-state index in [0.717, 1.165) is 145 Å². The van der Waals surface area contributed by atoms with Gasteiger partial charge in [-0.2, -0.15) is 23.7 Å². The predicted octanol–water partition coefficient (Wildman–Crippen LogP) is 21.2. The van der Waals surface area contributed by atoms with Crippen molar-refractivity contribution in [1.29, 1.82) is 10.5 Å². The van der Waals surface area contributed by atoms with Gasteiger partial charge in [0.05, 0.1) is 85.0 Å². The van der Waals surface area contributed by atoms with Gasteiger partial charge in [0.25, 0.3) is 0 Å². The summed E-state index contributed by atoms with van der Waals surface area (Å²) in [6.07, 6.45) is 2.39. The third-order valence-corrected chi connectivity index (χ3v) is 17.6. The third kappa shape index (κ3) is 10.3. The molecule has 0 bridgehead atoms. The molecule has 442 valence electrons. The number of hydrogen-bond acceptors (Lipinski definition) is 6. The van der Waals surface area contributed by atoms with E-state index in [1.54, 1.807) is 36.9 Å². The van der Waals surface area contributed by atoms with Gasteiger partial charge in [-0.3, -0.25) is 19.9 Å². The number of halogens is 3. The maximum Gasteiger partial charge on any atom is 0.416 e. The summed E-state index contributed by atoms with van der Waals surface area (Å²) in [5.41, 5.74) is 17.7. The van der Waals surface area contributed by atoms with Crippen LogP contribution in [0.3, 0.4) is 0 Å². The lowest BCUT2D eigenvalue weighted by Crippen LogP contribution is -2.08. The Morgan fingerprint density at radius 3 is 0.851 bits per heavy atom. The standard InChI is InChI=1S/C83H49F3N8/c84-83(85,86)67-38-52(50-87)37-66(41-67)82-80(93-76-25-21-58(62-29-33-89-72(46-62)54-13-5-1-6-14-54)42-68(76)69-43-59(22-26-77(69)93)63-30-34-90-73(47-63)55-15-7-2-8-16-55)39-53(51-88)40-81(82)94-78-27-23-60(64-31-35-91-74(48-64)56-17-9-3-10-18-56)44-70(78)71-45-61(24-28-79(71)94)65-32-36-92-75(49-65)57-19-11-4-12-20-57/h1-49H. The van der Waals surface area contributed by atoms with Crippen LogP contribution in [0, 0.1) is 22.7 Å². The van der Waals surface area contributed by atoms with Crippen LogP contribution >= 0.6 is 0 Å². The molecule has 0 fully saturated rings. The van der Waals surface area contributed by atoms with E-state index in [1.165, 1.54) is 6.07 Å². The number of nitrogens with zero attached hydrogens (tertiary/aromatic N) is 8. The van der Waals surface area contributed by atoms with Gasteiger partial charge in [0.2, 0.25) is 0 Å². The van der Waals surface area contributed by atoms with Crippen molar-refractivity contribution in [3.05, 3.63) is 314 Å². The summed E-state index contributed by atoms with van der Waals surface area (Å²) in [5.74, 6) is 0. The zero-order valence-electron chi connectivity index (χ0n) is 50.0. The zero-order chi connectivity index (χ0) is 63.4. The molecule has 0 aliphatic heterocycles. The van der Waals surface area contributed by atoms with Crippen molar-refractivity contribution in [2.45, 2.75) is 6.18 Å². The summed E-state index contributed by atoms with van der Waals surface area (Å²) in [6.45, 7) is 0. The Morgan fingerprint density at radius 1 is 0.277 bits per heavy atom. The normalized spacial score (nSPS) is 11.5. The average Bonchev–Trinajstić information content (AvgIpc) is 1.54. The maximum absolute atomic E-state index is 15.5. The zero-order valence-corrected chi connectivity index (χ0v) is 50.0. The average molecular weight is 1220 g/mol. The molecule has 8 nitrogen and oxygen atoms in total. The number of benzene rings is 10. The fourth-order valence-electron chi connectivity index (χ4n) is 13.1. The van der Waals surface area contributed by atoms with Gasteiger partial charge in [-0.1, -0.05) is 146 Å². The van der Waals surface area contributed by atoms with Crippen LogP contribution in [0.4, 0.5) is 13.2 Å². The lowest BCUT2D eigenvalue weighted by atomic mass is 9.94. The number of rotatable bonds is 11. The molecule has 0 saturated carbocycles. The second kappa shape index (κ2) is 23.2. The van der Waals surface area contributed by atoms with E-state index < -0.39 is 11.7 Å². The van der Waals surface area contributed by atoms with Crippen LogP contribution in [0.5, 0.6) is 0 Å². The van der Waals surface area contributed by atoms with Crippen LogP contribution < -0.4 is 0 Å². The molecule has 6 aromatic heterocycles. The molecule has 0 N–H and O–H groups in total. The fourth-order valence-corrected chi connectivity index (χ4v) is 13.1. The summed E-state index contributed by atoms with van der Waals surface area (Å²) >= 11 is 0. The molecule has 6 heterocycles. The van der Waals surface area contributed by atoms with Crippen molar-refractivity contribution in [2.75, 3.05) is 0 Å². The van der Waals surface area contributed by atoms with E-state index in [1.807, 2.05) is 194 Å². The van der Waals surface area contributed by atoms with E-state index >= 15 is 13.2 Å². The van der Waals surface area contributed by atoms with E-state index in [0.29, 0.717) is 16.9 Å². The minimum absolute atomic E-state index is 0.123. The number of fused-ring (bicyclic) bond motifs is 6. The van der Waals surface area contributed by atoms with Gasteiger partial charge in [-0.15, -0.1) is 0 Å². The van der Waals surface area contributed by atoms with Crippen molar-refractivity contribution in [1.82, 2.24) is 29.1 Å². The molecule has 0 unspecified atom stereocenters. The monoisotopic (exact) mass is 1210 g/mol. The van der Waals surface area contributed by atoms with E-state index in [-0.39, 0.29) is 16.7 Å². The molecule has 0 atom stereocenters. The van der Waals surface area contributed by atoms with Gasteiger partial charge < -0.3 is 9.13 Å². The lowest BCUT2D eigenvalue weighted by Gasteiger charge is -2.22. The molecule has 10 aromatic carbocycles. The Labute approximate surface area is 538 Å². The Kier molecular flexibility index (Phi) is 13.9. The van der Waals surface area contributed by atoms with Crippen molar-refractivity contribution < 1.29 is 13.2 Å². The van der Waals surface area contributed by atoms with Crippen molar-refractivity contribution in [3.8, 4) is 124 Å². The van der Waals surface area contributed by atoms with Crippen molar-refractivity contribution >= 4 is 43.6 Å². The highest BCUT2D eigenvalue weighted by Crippen LogP contribution is 2.47. The SMILES string of the molecule is N#Cc1cc(-c2c(-n3c4ccc(-c5ccnc(-c6ccccc6)c5)cc4c4cc(-c5ccnc(-c6ccccc6)c5)ccc43)cc(C#N)cc2-n2c3ccc(-c4ccnc(-c5ccccc5)c4)cc3c3cc(-c4ccnc(-c5ccccc5)c4)ccc32)cc(C(F)(F)F)c1. The molecule has 0 radical (unpaired) electrons. The van der Waals surface area contributed by atoms with Gasteiger partial charge in [0, 0.05) is 74.1 Å². The third-order valence-electron chi connectivity index (χ3n) is 17.6. The first-order chi connectivity index (χ1) is 46.1. The quantitative estimate of drug-likeness (QED) is 0.128. The summed E-state index contributed by atoms with van der Waals surface area (Å²) < 4.78 is 50.7. The molecule has 94 heavy (non-hydrogen) atoms. The van der Waals surface area contributed by atoms with Crippen molar-refractivity contribution in [3.63, 3.8) is 0 Å². The van der Waals surface area contributed by atoms with E-state index in [2.05, 4.69) is 69.8 Å². The molecule has 0 amide bonds. The van der Waals surface area contributed by atoms with Gasteiger partial charge in [-0.25, -0.2) is 0 Å². The summed E-state index contributed by atoms with van der Waals surface area (Å²) in [5, 5.41) is 25.5. The smallest absolute Gasteiger partial charge is 0.308 e. The molecule has 0 aliphatic rings. The summed E-state index contributed by atoms with van der Waals surface area (Å²) in [6, 6.07) is 92.7. The fraction of sp³-hybridized carbons (Fsp3) is 0.0120. The number of pyridine rings is 4. The molecular weight excluding hydrogens is 1170 g/mol. The molecular formula is C83H49F3N8. The first-order valence-electron chi connectivity index (χ1n) is 30.6. The van der Waals surface area contributed by atoms with Crippen LogP contribution in [0.1, 0.15) is 16.7 Å². The maximum atomic E-state index is 15.5. The number of hydrogen-bond donors (Lipinski definition) is 0. The minimum Gasteiger partial charge on any atom is -0.308 e. The van der Waals surface area contributed by atoms with E-state index in [4.69, 9.17) is 19.9 Å². The van der Waals surface area contributed by atoms with Gasteiger partial charge in [0.15, 0.2) is 0 Å². The second-order valence-corrected chi connectivity index (χ2v) is 23.2. The molecule has 16 aromatic rings. The van der Waals surface area contributed by atoms with Crippen molar-refractivity contribution in [2.24, 2.45) is 0 Å². The Morgan fingerprint density at radius 2 is 0.564 bits per heavy atom. The van der Waals surface area contributed by atoms with Crippen LogP contribution in [0.15, 0.2) is 298 Å². The Bertz CT molecular complexity index is 5160. The Hall–Kier alpha value is -12.8. The highest BCUT2D eigenvalue weighted by molar-refractivity contribution is 6.15. The second-order valence-electron chi connectivity index (χ2n) is 23.2. The molecule has 0 aliphatic carbocycles. The number of aromatic nitrogens is 6. The first kappa shape index (κ1) is 56.4. The van der Waals surface area contributed by atoms with E-state index in [9.17, 15) is 10.5 Å². The number of nitriles is 2. The van der Waals surface area contributed by atoms with Crippen LogP contribution in [0.2, 0.25) is 0 Å². The lowest BCUT2D eigenvalue weighted by molar-refractivity contribution is -0.137. The number of alkyl halides is 3. The molecule has 0 saturated heterocycles. The van der Waals surface area contributed by atoms with Crippen LogP contribution in [0.25, 0.3) is 156 Å². The van der Waals surface area contributed by atoms with Gasteiger partial charge in [-0.05, 0) is 177 Å². The summed E-state index contributed by atoms with van der Waals surface area (Å²) in [4.78, 5) is 19.0.